The zero-order valence-electron chi connectivity index (χ0n) is 16.2. The van der Waals surface area contributed by atoms with Crippen LogP contribution >= 0.6 is 0 Å². The molecule has 0 aromatic heterocycles. The highest BCUT2D eigenvalue weighted by Crippen LogP contribution is 2.55. The normalized spacial score (nSPS) is 18.0. The molecule has 0 fully saturated rings. The predicted octanol–water partition coefficient (Wildman–Crippen LogP) is 6.40. The Morgan fingerprint density at radius 3 is 1.96 bits per heavy atom. The number of nitrogens with zero attached hydrogens (tertiary/aromatic N) is 1. The molecule has 26 heavy (non-hydrogen) atoms. The third-order valence-corrected chi connectivity index (χ3v) is 6.67. The maximum Gasteiger partial charge on any atom is 0.0453 e. The first kappa shape index (κ1) is 15.7. The van der Waals surface area contributed by atoms with E-state index in [1.165, 1.54) is 44.8 Å². The van der Waals surface area contributed by atoms with Crippen LogP contribution in [-0.2, 0) is 10.8 Å². The lowest BCUT2D eigenvalue weighted by Gasteiger charge is -2.41. The van der Waals surface area contributed by atoms with Crippen LogP contribution in [0.1, 0.15) is 49.9 Å². The highest BCUT2D eigenvalue weighted by atomic mass is 15.1. The van der Waals surface area contributed by atoms with Crippen LogP contribution in [0.3, 0.4) is 0 Å². The fourth-order valence-corrected chi connectivity index (χ4v) is 5.08. The molecule has 3 aromatic rings. The third-order valence-electron chi connectivity index (χ3n) is 6.67. The fourth-order valence-electron chi connectivity index (χ4n) is 5.08. The van der Waals surface area contributed by atoms with Gasteiger partial charge in [-0.2, -0.15) is 0 Å². The maximum absolute atomic E-state index is 2.46. The van der Waals surface area contributed by atoms with Crippen LogP contribution in [0.15, 0.2) is 60.7 Å². The molecule has 0 spiro atoms. The van der Waals surface area contributed by atoms with Crippen molar-refractivity contribution < 1.29 is 0 Å². The van der Waals surface area contributed by atoms with Gasteiger partial charge < -0.3 is 4.90 Å². The van der Waals surface area contributed by atoms with Crippen molar-refractivity contribution in [3.63, 3.8) is 0 Å². The Labute approximate surface area is 156 Å². The second-order valence-corrected chi connectivity index (χ2v) is 8.79. The summed E-state index contributed by atoms with van der Waals surface area (Å²) in [4.78, 5) is 2.37. The molecule has 0 amide bonds. The minimum absolute atomic E-state index is 0.00482. The van der Waals surface area contributed by atoms with Gasteiger partial charge in [-0.15, -0.1) is 0 Å². The molecule has 1 aliphatic heterocycles. The van der Waals surface area contributed by atoms with Crippen molar-refractivity contribution in [1.29, 1.82) is 0 Å². The monoisotopic (exact) mass is 339 g/mol. The minimum Gasteiger partial charge on any atom is -0.344 e. The average Bonchev–Trinajstić information content (AvgIpc) is 2.87. The van der Waals surface area contributed by atoms with Crippen LogP contribution in [-0.4, -0.2) is 7.05 Å². The van der Waals surface area contributed by atoms with E-state index in [0.29, 0.717) is 0 Å². The molecule has 3 aromatic carbocycles. The van der Waals surface area contributed by atoms with Crippen molar-refractivity contribution in [2.24, 2.45) is 0 Å². The number of hydrogen-bond acceptors (Lipinski definition) is 1. The number of anilines is 2. The van der Waals surface area contributed by atoms with Crippen LogP contribution in [0.25, 0.3) is 11.1 Å². The number of hydrogen-bond donors (Lipinski definition) is 0. The molecular formula is C25H25N. The van der Waals surface area contributed by atoms with Crippen molar-refractivity contribution in [1.82, 2.24) is 0 Å². The van der Waals surface area contributed by atoms with Gasteiger partial charge in [0.05, 0.1) is 0 Å². The topological polar surface area (TPSA) is 3.24 Å². The van der Waals surface area contributed by atoms with E-state index < -0.39 is 0 Å². The van der Waals surface area contributed by atoms with E-state index in [1.54, 1.807) is 0 Å². The van der Waals surface area contributed by atoms with E-state index in [4.69, 9.17) is 0 Å². The van der Waals surface area contributed by atoms with Gasteiger partial charge in [0.2, 0.25) is 0 Å². The maximum atomic E-state index is 2.46. The Kier molecular flexibility index (Phi) is 2.89. The number of fused-ring (bicyclic) bond motifs is 5. The smallest absolute Gasteiger partial charge is 0.0453 e. The molecular weight excluding hydrogens is 314 g/mol. The van der Waals surface area contributed by atoms with Gasteiger partial charge in [0.1, 0.15) is 0 Å². The predicted molar refractivity (Wildman–Crippen MR) is 111 cm³/mol. The highest BCUT2D eigenvalue weighted by molar-refractivity contribution is 5.87. The summed E-state index contributed by atoms with van der Waals surface area (Å²) in [5, 5.41) is 0. The van der Waals surface area contributed by atoms with E-state index in [0.717, 1.165) is 0 Å². The molecule has 2 aliphatic rings. The van der Waals surface area contributed by atoms with Gasteiger partial charge in [-0.25, -0.2) is 0 Å². The Morgan fingerprint density at radius 2 is 1.19 bits per heavy atom. The zero-order chi connectivity index (χ0) is 18.3. The molecule has 0 unspecified atom stereocenters. The lowest BCUT2D eigenvalue weighted by Crippen LogP contribution is -2.31. The van der Waals surface area contributed by atoms with Crippen molar-refractivity contribution >= 4 is 11.4 Å². The summed E-state index contributed by atoms with van der Waals surface area (Å²) in [6, 6.07) is 22.6. The van der Waals surface area contributed by atoms with Gasteiger partial charge in [0.25, 0.3) is 0 Å². The van der Waals surface area contributed by atoms with Crippen LogP contribution in [0.4, 0.5) is 11.4 Å². The van der Waals surface area contributed by atoms with Gasteiger partial charge in [-0.05, 0) is 51.6 Å². The lowest BCUT2D eigenvalue weighted by molar-refractivity contribution is 0.625. The van der Waals surface area contributed by atoms with E-state index in [1.807, 2.05) is 0 Å². The highest BCUT2D eigenvalue weighted by Gasteiger charge is 2.40. The van der Waals surface area contributed by atoms with E-state index in [2.05, 4.69) is 100 Å². The molecule has 1 heteroatoms. The molecule has 0 saturated heterocycles. The Balaban J connectivity index is 1.84. The quantitative estimate of drug-likeness (QED) is 0.458. The van der Waals surface area contributed by atoms with Crippen molar-refractivity contribution in [2.75, 3.05) is 11.9 Å². The summed E-state index contributed by atoms with van der Waals surface area (Å²) in [5.74, 6) is 0. The fraction of sp³-hybridized carbons (Fsp3) is 0.280. The lowest BCUT2D eigenvalue weighted by atomic mass is 9.72. The van der Waals surface area contributed by atoms with Gasteiger partial charge in [0.15, 0.2) is 0 Å². The molecule has 1 heterocycles. The van der Waals surface area contributed by atoms with Gasteiger partial charge in [-0.3, -0.25) is 0 Å². The number of rotatable bonds is 0. The summed E-state index contributed by atoms with van der Waals surface area (Å²) in [6.07, 6.45) is 0. The molecule has 1 nitrogen and oxygen atoms in total. The first-order valence-corrected chi connectivity index (χ1v) is 9.45. The Hall–Kier alpha value is -2.54. The number of para-hydroxylation sites is 1. The standard InChI is InChI=1S/C25H25N/c1-24(2)18-11-7-6-10-16(18)17-14-21-23(15-20(17)24)26(5)22-13-9-8-12-19(22)25(21,3)4/h6-15H,1-5H3. The van der Waals surface area contributed by atoms with Crippen LogP contribution < -0.4 is 4.90 Å². The second kappa shape index (κ2) is 4.79. The Morgan fingerprint density at radius 1 is 0.577 bits per heavy atom. The summed E-state index contributed by atoms with van der Waals surface area (Å²) in [7, 11) is 2.20. The zero-order valence-corrected chi connectivity index (χ0v) is 16.2. The molecule has 0 N–H and O–H groups in total. The Bertz CT molecular complexity index is 1060. The molecule has 1 aliphatic carbocycles. The molecule has 130 valence electrons. The molecule has 5 rings (SSSR count). The van der Waals surface area contributed by atoms with Crippen molar-refractivity contribution in [3.05, 3.63) is 82.9 Å². The first-order valence-electron chi connectivity index (χ1n) is 9.45. The number of benzene rings is 3. The SMILES string of the molecule is CN1c2ccccc2C(C)(C)c2cc3c(cc21)C(C)(C)c1ccccc1-3. The molecule has 0 saturated carbocycles. The summed E-state index contributed by atoms with van der Waals surface area (Å²) in [5.41, 5.74) is 11.2. The van der Waals surface area contributed by atoms with Crippen LogP contribution in [0.2, 0.25) is 0 Å². The summed E-state index contributed by atoms with van der Waals surface area (Å²) < 4.78 is 0. The minimum atomic E-state index is -0.00482. The summed E-state index contributed by atoms with van der Waals surface area (Å²) >= 11 is 0. The van der Waals surface area contributed by atoms with E-state index >= 15 is 0 Å². The van der Waals surface area contributed by atoms with Crippen LogP contribution in [0.5, 0.6) is 0 Å². The van der Waals surface area contributed by atoms with Gasteiger partial charge >= 0.3 is 0 Å². The van der Waals surface area contributed by atoms with E-state index in [9.17, 15) is 0 Å². The summed E-state index contributed by atoms with van der Waals surface area (Å²) in [6.45, 7) is 9.42. The second-order valence-electron chi connectivity index (χ2n) is 8.79. The van der Waals surface area contributed by atoms with E-state index in [-0.39, 0.29) is 10.8 Å². The van der Waals surface area contributed by atoms with Gasteiger partial charge in [0, 0.05) is 29.3 Å². The van der Waals surface area contributed by atoms with Crippen LogP contribution in [0, 0.1) is 0 Å². The largest absolute Gasteiger partial charge is 0.344 e. The average molecular weight is 339 g/mol. The third kappa shape index (κ3) is 1.76. The first-order chi connectivity index (χ1) is 12.3. The molecule has 0 bridgehead atoms. The molecule has 0 radical (unpaired) electrons. The molecule has 0 atom stereocenters. The van der Waals surface area contributed by atoms with Crippen molar-refractivity contribution in [2.45, 2.75) is 38.5 Å². The van der Waals surface area contributed by atoms with Gasteiger partial charge in [-0.1, -0.05) is 70.2 Å². The van der Waals surface area contributed by atoms with Crippen molar-refractivity contribution in [3.8, 4) is 11.1 Å².